The zero-order valence-corrected chi connectivity index (χ0v) is 9.04. The van der Waals surface area contributed by atoms with Crippen molar-refractivity contribution in [2.45, 2.75) is 26.3 Å². The Bertz CT molecular complexity index is 367. The molecular weight excluding hydrogens is 190 g/mol. The van der Waals surface area contributed by atoms with Crippen LogP contribution in [0, 0.1) is 13.8 Å². The standard InChI is InChI=1S/C12H15NO2/c1-8-4-3-5-9(2)11(8)10-6-7-15-12(14)13-10/h3-5,10H,6-7H2,1-2H3,(H,13,14)/t10-/m0/s1. The fourth-order valence-electron chi connectivity index (χ4n) is 2.12. The molecule has 15 heavy (non-hydrogen) atoms. The second-order valence-electron chi connectivity index (χ2n) is 3.93. The van der Waals surface area contributed by atoms with E-state index in [-0.39, 0.29) is 12.1 Å². The number of hydrogen-bond acceptors (Lipinski definition) is 2. The smallest absolute Gasteiger partial charge is 0.407 e. The van der Waals surface area contributed by atoms with Crippen LogP contribution in [0.4, 0.5) is 4.79 Å². The summed E-state index contributed by atoms with van der Waals surface area (Å²) in [6, 6.07) is 6.29. The highest BCUT2D eigenvalue weighted by Crippen LogP contribution is 2.26. The third-order valence-electron chi connectivity index (χ3n) is 2.82. The second-order valence-corrected chi connectivity index (χ2v) is 3.93. The van der Waals surface area contributed by atoms with Gasteiger partial charge in [-0.2, -0.15) is 0 Å². The van der Waals surface area contributed by atoms with Crippen molar-refractivity contribution in [3.8, 4) is 0 Å². The average Bonchev–Trinajstić information content (AvgIpc) is 2.17. The highest BCUT2D eigenvalue weighted by Gasteiger charge is 2.23. The van der Waals surface area contributed by atoms with Gasteiger partial charge in [0.05, 0.1) is 12.6 Å². The number of rotatable bonds is 1. The molecule has 3 nitrogen and oxygen atoms in total. The zero-order valence-electron chi connectivity index (χ0n) is 9.04. The molecule has 0 bridgehead atoms. The van der Waals surface area contributed by atoms with E-state index in [0.29, 0.717) is 6.61 Å². The van der Waals surface area contributed by atoms with Crippen molar-refractivity contribution >= 4 is 6.09 Å². The van der Waals surface area contributed by atoms with Gasteiger partial charge in [0.15, 0.2) is 0 Å². The van der Waals surface area contributed by atoms with Gasteiger partial charge < -0.3 is 10.1 Å². The van der Waals surface area contributed by atoms with E-state index in [9.17, 15) is 4.79 Å². The lowest BCUT2D eigenvalue weighted by Gasteiger charge is -2.26. The third kappa shape index (κ3) is 1.96. The molecule has 0 saturated carbocycles. The minimum Gasteiger partial charge on any atom is -0.449 e. The molecule has 1 atom stereocenters. The number of carbonyl (C=O) groups is 1. The van der Waals surface area contributed by atoms with Gasteiger partial charge in [-0.3, -0.25) is 0 Å². The summed E-state index contributed by atoms with van der Waals surface area (Å²) in [6.07, 6.45) is 0.533. The molecule has 1 amide bonds. The number of cyclic esters (lactones) is 1. The molecular formula is C12H15NO2. The van der Waals surface area contributed by atoms with Crippen molar-refractivity contribution in [1.82, 2.24) is 5.32 Å². The highest BCUT2D eigenvalue weighted by atomic mass is 16.5. The normalized spacial score (nSPS) is 20.7. The zero-order chi connectivity index (χ0) is 10.8. The summed E-state index contributed by atoms with van der Waals surface area (Å²) in [6.45, 7) is 4.65. The van der Waals surface area contributed by atoms with Crippen molar-refractivity contribution in [2.75, 3.05) is 6.61 Å². The van der Waals surface area contributed by atoms with E-state index in [4.69, 9.17) is 4.74 Å². The van der Waals surface area contributed by atoms with Crippen LogP contribution in [0.15, 0.2) is 18.2 Å². The number of carbonyl (C=O) groups excluding carboxylic acids is 1. The van der Waals surface area contributed by atoms with E-state index in [1.807, 2.05) is 6.07 Å². The summed E-state index contributed by atoms with van der Waals surface area (Å²) in [5.74, 6) is 0. The topological polar surface area (TPSA) is 38.3 Å². The Morgan fingerprint density at radius 1 is 1.33 bits per heavy atom. The number of alkyl carbamates (subject to hydrolysis) is 1. The number of ether oxygens (including phenoxy) is 1. The first-order valence-corrected chi connectivity index (χ1v) is 5.18. The molecule has 80 valence electrons. The maximum atomic E-state index is 11.1. The van der Waals surface area contributed by atoms with Crippen molar-refractivity contribution in [2.24, 2.45) is 0 Å². The summed E-state index contributed by atoms with van der Waals surface area (Å²) in [7, 11) is 0. The summed E-state index contributed by atoms with van der Waals surface area (Å²) in [5, 5.41) is 2.85. The Morgan fingerprint density at radius 3 is 2.60 bits per heavy atom. The quantitative estimate of drug-likeness (QED) is 0.764. The number of aryl methyl sites for hydroxylation is 2. The molecule has 1 saturated heterocycles. The van der Waals surface area contributed by atoms with Gasteiger partial charge in [0, 0.05) is 6.42 Å². The minimum atomic E-state index is -0.311. The van der Waals surface area contributed by atoms with E-state index in [1.54, 1.807) is 0 Å². The molecule has 1 N–H and O–H groups in total. The SMILES string of the molecule is Cc1cccc(C)c1[C@@H]1CCOC(=O)N1. The van der Waals surface area contributed by atoms with E-state index in [1.165, 1.54) is 16.7 Å². The van der Waals surface area contributed by atoms with Gasteiger partial charge in [-0.05, 0) is 30.5 Å². The van der Waals surface area contributed by atoms with Gasteiger partial charge in [-0.25, -0.2) is 4.79 Å². The van der Waals surface area contributed by atoms with Crippen LogP contribution in [0.3, 0.4) is 0 Å². The fraction of sp³-hybridized carbons (Fsp3) is 0.417. The molecule has 0 aliphatic carbocycles. The number of hydrogen-bond donors (Lipinski definition) is 1. The molecule has 2 rings (SSSR count). The van der Waals surface area contributed by atoms with Gasteiger partial charge >= 0.3 is 6.09 Å². The largest absolute Gasteiger partial charge is 0.449 e. The molecule has 1 heterocycles. The minimum absolute atomic E-state index is 0.104. The van der Waals surface area contributed by atoms with E-state index >= 15 is 0 Å². The molecule has 1 aromatic rings. The fourth-order valence-corrected chi connectivity index (χ4v) is 2.12. The van der Waals surface area contributed by atoms with E-state index < -0.39 is 0 Å². The van der Waals surface area contributed by atoms with Crippen LogP contribution >= 0.6 is 0 Å². The summed E-state index contributed by atoms with van der Waals surface area (Å²) < 4.78 is 4.86. The van der Waals surface area contributed by atoms with Crippen LogP contribution in [-0.4, -0.2) is 12.7 Å². The van der Waals surface area contributed by atoms with Gasteiger partial charge in [-0.15, -0.1) is 0 Å². The Hall–Kier alpha value is -1.51. The van der Waals surface area contributed by atoms with Crippen molar-refractivity contribution in [3.63, 3.8) is 0 Å². The van der Waals surface area contributed by atoms with Gasteiger partial charge in [0.1, 0.15) is 0 Å². The molecule has 1 fully saturated rings. The Morgan fingerprint density at radius 2 is 2.00 bits per heavy atom. The lowest BCUT2D eigenvalue weighted by molar-refractivity contribution is 0.115. The molecule has 3 heteroatoms. The molecule has 0 radical (unpaired) electrons. The van der Waals surface area contributed by atoms with Gasteiger partial charge in [0.2, 0.25) is 0 Å². The van der Waals surface area contributed by atoms with E-state index in [0.717, 1.165) is 6.42 Å². The Labute approximate surface area is 89.4 Å². The van der Waals surface area contributed by atoms with E-state index in [2.05, 4.69) is 31.3 Å². The van der Waals surface area contributed by atoms with Crippen molar-refractivity contribution in [3.05, 3.63) is 34.9 Å². The second kappa shape index (κ2) is 3.93. The predicted molar refractivity (Wildman–Crippen MR) is 57.8 cm³/mol. The first-order valence-electron chi connectivity index (χ1n) is 5.18. The lowest BCUT2D eigenvalue weighted by Crippen LogP contribution is -2.36. The number of nitrogens with one attached hydrogen (secondary N) is 1. The van der Waals surface area contributed by atoms with Crippen LogP contribution in [0.25, 0.3) is 0 Å². The molecule has 0 unspecified atom stereocenters. The Balaban J connectivity index is 2.32. The van der Waals surface area contributed by atoms with Crippen LogP contribution < -0.4 is 5.32 Å². The first kappa shape index (κ1) is 10.0. The van der Waals surface area contributed by atoms with Gasteiger partial charge in [-0.1, -0.05) is 18.2 Å². The summed E-state index contributed by atoms with van der Waals surface area (Å²) in [4.78, 5) is 11.1. The molecule has 1 aromatic carbocycles. The number of benzene rings is 1. The summed E-state index contributed by atoms with van der Waals surface area (Å²) in [5.41, 5.74) is 3.68. The molecule has 0 aromatic heterocycles. The van der Waals surface area contributed by atoms with Gasteiger partial charge in [0.25, 0.3) is 0 Å². The monoisotopic (exact) mass is 205 g/mol. The first-order chi connectivity index (χ1) is 7.18. The average molecular weight is 205 g/mol. The summed E-state index contributed by atoms with van der Waals surface area (Å²) >= 11 is 0. The predicted octanol–water partition coefficient (Wildman–Crippen LogP) is 2.47. The van der Waals surface area contributed by atoms with Crippen LogP contribution in [0.1, 0.15) is 29.2 Å². The number of amides is 1. The van der Waals surface area contributed by atoms with Crippen molar-refractivity contribution < 1.29 is 9.53 Å². The lowest BCUT2D eigenvalue weighted by atomic mass is 9.94. The maximum Gasteiger partial charge on any atom is 0.407 e. The van der Waals surface area contributed by atoms with Crippen LogP contribution in [0.5, 0.6) is 0 Å². The third-order valence-corrected chi connectivity index (χ3v) is 2.82. The molecule has 1 aliphatic rings. The van der Waals surface area contributed by atoms with Crippen LogP contribution in [0.2, 0.25) is 0 Å². The highest BCUT2D eigenvalue weighted by molar-refractivity contribution is 5.69. The Kier molecular flexibility index (Phi) is 2.62. The maximum absolute atomic E-state index is 11.1. The van der Waals surface area contributed by atoms with Crippen molar-refractivity contribution in [1.29, 1.82) is 0 Å². The van der Waals surface area contributed by atoms with Crippen LogP contribution in [-0.2, 0) is 4.74 Å². The molecule has 1 aliphatic heterocycles. The molecule has 0 spiro atoms.